The second-order valence-electron chi connectivity index (χ2n) is 17.5. The predicted octanol–water partition coefficient (Wildman–Crippen LogP) is 18.0. The van der Waals surface area contributed by atoms with Crippen LogP contribution in [0.2, 0.25) is 0 Å². The number of H-pyrrole nitrogens is 1. The zero-order valence-corrected chi connectivity index (χ0v) is 36.7. The largest absolute Gasteiger partial charge is 0.257 e. The third-order valence-corrected chi connectivity index (χ3v) is 12.4. The lowest BCUT2D eigenvalue weighted by Crippen LogP contribution is -2.41. The van der Waals surface area contributed by atoms with Crippen molar-refractivity contribution >= 4 is 0 Å². The van der Waals surface area contributed by atoms with Crippen LogP contribution in [0.1, 0.15) is 309 Å². The van der Waals surface area contributed by atoms with E-state index >= 15 is 0 Å². The van der Waals surface area contributed by atoms with Crippen LogP contribution in [-0.2, 0) is 0 Å². The van der Waals surface area contributed by atoms with E-state index in [1.165, 1.54) is 263 Å². The minimum Gasteiger partial charge on any atom is -0.247 e. The van der Waals surface area contributed by atoms with Gasteiger partial charge in [-0.15, -0.1) is 0 Å². The van der Waals surface area contributed by atoms with Gasteiger partial charge in [0.05, 0.1) is 12.0 Å². The first-order valence-corrected chi connectivity index (χ1v) is 24.8. The van der Waals surface area contributed by atoms with Gasteiger partial charge in [-0.05, 0) is 32.6 Å². The summed E-state index contributed by atoms with van der Waals surface area (Å²) in [7, 11) is 0. The summed E-state index contributed by atoms with van der Waals surface area (Å²) in [6.45, 7) is 9.44. The molecule has 1 unspecified atom stereocenters. The average Bonchev–Trinajstić information content (AvgIpc) is 3.65. The van der Waals surface area contributed by atoms with Gasteiger partial charge in [0.2, 0.25) is 0 Å². The van der Waals surface area contributed by atoms with Crippen LogP contribution in [0.4, 0.5) is 0 Å². The molecule has 308 valence electrons. The Labute approximate surface area is 329 Å². The van der Waals surface area contributed by atoms with E-state index in [4.69, 9.17) is 0 Å². The van der Waals surface area contributed by atoms with Crippen LogP contribution in [0.5, 0.6) is 0 Å². The number of imidazole rings is 1. The van der Waals surface area contributed by atoms with Crippen molar-refractivity contribution in [1.82, 2.24) is 4.98 Å². The van der Waals surface area contributed by atoms with E-state index in [0.717, 1.165) is 0 Å². The minimum absolute atomic E-state index is 0.617. The monoisotopic (exact) mass is 728 g/mol. The van der Waals surface area contributed by atoms with E-state index in [9.17, 15) is 0 Å². The summed E-state index contributed by atoms with van der Waals surface area (Å²) < 4.78 is 2.66. The molecule has 0 saturated carbocycles. The number of nitrogens with one attached hydrogen (secondary N) is 1. The molecule has 2 heteroatoms. The van der Waals surface area contributed by atoms with E-state index in [-0.39, 0.29) is 0 Å². The van der Waals surface area contributed by atoms with Crippen LogP contribution in [0.25, 0.3) is 0 Å². The van der Waals surface area contributed by atoms with Gasteiger partial charge >= 0.3 is 0 Å². The average molecular weight is 728 g/mol. The number of aromatic nitrogens is 2. The molecule has 0 aliphatic heterocycles. The van der Waals surface area contributed by atoms with Crippen LogP contribution in [-0.4, -0.2) is 4.98 Å². The molecule has 0 fully saturated rings. The first kappa shape index (κ1) is 49.2. The van der Waals surface area contributed by atoms with Gasteiger partial charge < -0.3 is 0 Å². The second-order valence-corrected chi connectivity index (χ2v) is 17.5. The number of nitrogens with zero attached hydrogens (tertiary/aromatic N) is 1. The number of hydrogen-bond acceptors (Lipinski definition) is 0. The standard InChI is InChI=1S/C50H98N2/c1-5-8-11-14-17-20-22-24-26-28-30-32-35-38-41-44-49(45-42-39-36-33-31-29-27-25-23-21-18-15-12-9-6-2)50-51-46-47-52(50)48(4)43-40-37-34-19-16-13-10-7-3/h46-49H,5-45H2,1-4H3/p+1. The highest BCUT2D eigenvalue weighted by Crippen LogP contribution is 2.28. The van der Waals surface area contributed by atoms with Gasteiger partial charge in [0.25, 0.3) is 5.82 Å². The highest BCUT2D eigenvalue weighted by Gasteiger charge is 2.25. The molecule has 1 aromatic heterocycles. The van der Waals surface area contributed by atoms with Gasteiger partial charge in [-0.2, -0.15) is 0 Å². The molecule has 1 N–H and O–H groups in total. The Morgan fingerprint density at radius 2 is 0.615 bits per heavy atom. The van der Waals surface area contributed by atoms with Gasteiger partial charge in [0.1, 0.15) is 12.4 Å². The van der Waals surface area contributed by atoms with Crippen molar-refractivity contribution in [3.8, 4) is 0 Å². The fourth-order valence-corrected chi connectivity index (χ4v) is 8.73. The van der Waals surface area contributed by atoms with Gasteiger partial charge in [-0.3, -0.25) is 0 Å². The summed E-state index contributed by atoms with van der Waals surface area (Å²) in [6.07, 6.45) is 63.6. The van der Waals surface area contributed by atoms with E-state index in [1.807, 2.05) is 0 Å². The van der Waals surface area contributed by atoms with Crippen molar-refractivity contribution < 1.29 is 4.57 Å². The summed E-state index contributed by atoms with van der Waals surface area (Å²) >= 11 is 0. The SMILES string of the molecule is CCCCCCCCCCCCCCCCCC(CCCCCCCCCCCCCCCCC)c1[nH]cc[n+]1C(C)CCCCCCCCCC. The van der Waals surface area contributed by atoms with E-state index in [0.29, 0.717) is 12.0 Å². The Balaban J connectivity index is 2.34. The first-order chi connectivity index (χ1) is 25.7. The maximum Gasteiger partial charge on any atom is 0.257 e. The number of aromatic amines is 1. The predicted molar refractivity (Wildman–Crippen MR) is 235 cm³/mol. The van der Waals surface area contributed by atoms with Crippen LogP contribution in [0.3, 0.4) is 0 Å². The number of hydrogen-bond donors (Lipinski definition) is 1. The molecule has 2 nitrogen and oxygen atoms in total. The summed E-state index contributed by atoms with van der Waals surface area (Å²) in [5.74, 6) is 2.25. The Bertz CT molecular complexity index is 764. The maximum atomic E-state index is 3.78. The molecule has 0 aromatic carbocycles. The van der Waals surface area contributed by atoms with Gasteiger partial charge in [0, 0.05) is 0 Å². The lowest BCUT2D eigenvalue weighted by atomic mass is 9.92. The summed E-state index contributed by atoms with van der Waals surface area (Å²) in [4.78, 5) is 3.78. The number of unbranched alkanes of at least 4 members (excludes halogenated alkanes) is 35. The van der Waals surface area contributed by atoms with Gasteiger partial charge in [-0.25, -0.2) is 9.55 Å². The Morgan fingerprint density at radius 1 is 0.365 bits per heavy atom. The molecule has 0 bridgehead atoms. The third kappa shape index (κ3) is 30.5. The van der Waals surface area contributed by atoms with Crippen molar-refractivity contribution in [2.75, 3.05) is 0 Å². The molecule has 0 radical (unpaired) electrons. The van der Waals surface area contributed by atoms with E-state index < -0.39 is 0 Å². The lowest BCUT2D eigenvalue weighted by molar-refractivity contribution is -0.727. The maximum absolute atomic E-state index is 3.78. The van der Waals surface area contributed by atoms with E-state index in [1.54, 1.807) is 5.82 Å². The molecule has 0 spiro atoms. The fourth-order valence-electron chi connectivity index (χ4n) is 8.73. The highest BCUT2D eigenvalue weighted by molar-refractivity contribution is 4.90. The minimum atomic E-state index is 0.617. The zero-order valence-electron chi connectivity index (χ0n) is 36.7. The topological polar surface area (TPSA) is 19.7 Å². The smallest absolute Gasteiger partial charge is 0.247 e. The molecule has 0 amide bonds. The van der Waals surface area contributed by atoms with Crippen LogP contribution < -0.4 is 4.57 Å². The number of rotatable bonds is 43. The molecule has 0 aliphatic rings. The van der Waals surface area contributed by atoms with Crippen molar-refractivity contribution in [3.05, 3.63) is 18.2 Å². The summed E-state index contributed by atoms with van der Waals surface area (Å²) in [5, 5.41) is 0. The van der Waals surface area contributed by atoms with Crippen molar-refractivity contribution in [2.45, 2.75) is 303 Å². The molecular formula is C50H99N2+. The molecule has 1 atom stereocenters. The van der Waals surface area contributed by atoms with E-state index in [2.05, 4.69) is 49.6 Å². The van der Waals surface area contributed by atoms with Crippen LogP contribution in [0, 0.1) is 0 Å². The molecule has 1 aromatic rings. The second kappa shape index (κ2) is 39.9. The van der Waals surface area contributed by atoms with Crippen molar-refractivity contribution in [2.24, 2.45) is 0 Å². The van der Waals surface area contributed by atoms with Crippen LogP contribution in [0.15, 0.2) is 12.4 Å². The molecule has 52 heavy (non-hydrogen) atoms. The molecule has 0 saturated heterocycles. The zero-order chi connectivity index (χ0) is 37.4. The Morgan fingerprint density at radius 3 is 0.904 bits per heavy atom. The molecule has 1 heterocycles. The fraction of sp³-hybridized carbons (Fsp3) is 0.940. The summed E-state index contributed by atoms with van der Waals surface area (Å²) in [5.41, 5.74) is 0. The van der Waals surface area contributed by atoms with Crippen molar-refractivity contribution in [1.29, 1.82) is 0 Å². The van der Waals surface area contributed by atoms with Crippen LogP contribution >= 0.6 is 0 Å². The highest BCUT2D eigenvalue weighted by atomic mass is 15.1. The van der Waals surface area contributed by atoms with Gasteiger partial charge in [-0.1, -0.05) is 258 Å². The van der Waals surface area contributed by atoms with Crippen molar-refractivity contribution in [3.63, 3.8) is 0 Å². The summed E-state index contributed by atoms with van der Waals surface area (Å²) in [6, 6.07) is 0.617. The Kier molecular flexibility index (Phi) is 37.8. The lowest BCUT2D eigenvalue weighted by Gasteiger charge is -2.17. The normalized spacial score (nSPS) is 12.4. The van der Waals surface area contributed by atoms with Gasteiger partial charge in [0.15, 0.2) is 0 Å². The Hall–Kier alpha value is -0.790. The quantitative estimate of drug-likeness (QED) is 0.0510. The third-order valence-electron chi connectivity index (χ3n) is 12.4. The first-order valence-electron chi connectivity index (χ1n) is 24.8. The molecule has 1 rings (SSSR count). The molecule has 0 aliphatic carbocycles. The molecular weight excluding hydrogens is 629 g/mol.